The van der Waals surface area contributed by atoms with Gasteiger partial charge < -0.3 is 9.88 Å². The fourth-order valence-electron chi connectivity index (χ4n) is 2.68. The summed E-state index contributed by atoms with van der Waals surface area (Å²) in [5.41, 5.74) is 1.51. The van der Waals surface area contributed by atoms with Crippen LogP contribution in [-0.2, 0) is 13.5 Å². The molecule has 130 valence electrons. The van der Waals surface area contributed by atoms with Gasteiger partial charge in [-0.15, -0.1) is 11.3 Å². The van der Waals surface area contributed by atoms with Crippen molar-refractivity contribution in [3.63, 3.8) is 0 Å². The van der Waals surface area contributed by atoms with Crippen molar-refractivity contribution in [1.82, 2.24) is 14.9 Å². The number of fused-ring (bicyclic) bond motifs is 1. The second-order valence-electron chi connectivity index (χ2n) is 6.33. The molecule has 0 aliphatic carbocycles. The number of carbonyl (C=O) groups is 1. The molecule has 0 radical (unpaired) electrons. The Balaban J connectivity index is 1.74. The topological polar surface area (TPSA) is 64.0 Å². The number of rotatable bonds is 5. The number of benzene rings is 1. The Kier molecular flexibility index (Phi) is 4.99. The molecule has 25 heavy (non-hydrogen) atoms. The van der Waals surface area contributed by atoms with Crippen molar-refractivity contribution < 1.29 is 4.79 Å². The maximum atomic E-state index is 12.6. The van der Waals surface area contributed by atoms with E-state index in [0.717, 1.165) is 10.7 Å². The van der Waals surface area contributed by atoms with Crippen molar-refractivity contribution in [3.05, 3.63) is 62.5 Å². The Morgan fingerprint density at radius 1 is 1.28 bits per heavy atom. The zero-order chi connectivity index (χ0) is 18.0. The number of pyridine rings is 1. The summed E-state index contributed by atoms with van der Waals surface area (Å²) in [5.74, 6) is 0.240. The maximum Gasteiger partial charge on any atom is 0.258 e. The van der Waals surface area contributed by atoms with Gasteiger partial charge in [0.05, 0.1) is 16.3 Å². The lowest BCUT2D eigenvalue weighted by molar-refractivity contribution is 0.0955. The van der Waals surface area contributed by atoms with Gasteiger partial charge in [0, 0.05) is 42.4 Å². The molecular formula is C19H21N3O2S. The maximum absolute atomic E-state index is 12.6. The predicted molar refractivity (Wildman–Crippen MR) is 101 cm³/mol. The van der Waals surface area contributed by atoms with Crippen LogP contribution in [-0.4, -0.2) is 22.0 Å². The first kappa shape index (κ1) is 17.4. The molecule has 0 atom stereocenters. The lowest BCUT2D eigenvalue weighted by Gasteiger charge is -2.09. The molecule has 0 unspecified atom stereocenters. The van der Waals surface area contributed by atoms with Crippen molar-refractivity contribution in [3.8, 4) is 0 Å². The number of aromatic nitrogens is 2. The Bertz CT molecular complexity index is 972. The van der Waals surface area contributed by atoms with Gasteiger partial charge in [-0.25, -0.2) is 4.98 Å². The van der Waals surface area contributed by atoms with E-state index in [0.29, 0.717) is 35.2 Å². The van der Waals surface area contributed by atoms with E-state index in [1.807, 2.05) is 6.07 Å². The minimum absolute atomic E-state index is 0.101. The van der Waals surface area contributed by atoms with Crippen LogP contribution in [0.1, 0.15) is 40.8 Å². The van der Waals surface area contributed by atoms with Gasteiger partial charge in [0.1, 0.15) is 0 Å². The van der Waals surface area contributed by atoms with Crippen LogP contribution < -0.4 is 10.9 Å². The molecule has 3 aromatic rings. The monoisotopic (exact) mass is 355 g/mol. The number of nitrogens with one attached hydrogen (secondary N) is 1. The first-order chi connectivity index (χ1) is 12.0. The highest BCUT2D eigenvalue weighted by Crippen LogP contribution is 2.18. The molecule has 0 saturated carbocycles. The van der Waals surface area contributed by atoms with Crippen molar-refractivity contribution in [2.45, 2.75) is 26.2 Å². The smallest absolute Gasteiger partial charge is 0.258 e. The van der Waals surface area contributed by atoms with Crippen LogP contribution in [0.5, 0.6) is 0 Å². The molecule has 6 heteroatoms. The molecule has 0 aliphatic rings. The van der Waals surface area contributed by atoms with Crippen LogP contribution in [0.2, 0.25) is 0 Å². The minimum Gasteiger partial charge on any atom is -0.352 e. The Labute approximate surface area is 150 Å². The van der Waals surface area contributed by atoms with E-state index in [2.05, 4.69) is 29.5 Å². The molecule has 3 rings (SSSR count). The van der Waals surface area contributed by atoms with Crippen LogP contribution in [0.4, 0.5) is 0 Å². The number of hydrogen-bond donors (Lipinski definition) is 1. The van der Waals surface area contributed by atoms with Crippen LogP contribution in [0.25, 0.3) is 10.8 Å². The zero-order valence-corrected chi connectivity index (χ0v) is 15.4. The highest BCUT2D eigenvalue weighted by atomic mass is 32.1. The largest absolute Gasteiger partial charge is 0.352 e. The van der Waals surface area contributed by atoms with Gasteiger partial charge in [0.2, 0.25) is 0 Å². The Morgan fingerprint density at radius 2 is 2.00 bits per heavy atom. The predicted octanol–water partition coefficient (Wildman–Crippen LogP) is 3.09. The third-order valence-corrected chi connectivity index (χ3v) is 5.05. The average Bonchev–Trinajstić information content (AvgIpc) is 3.07. The second-order valence-corrected chi connectivity index (χ2v) is 7.27. The molecule has 1 amide bonds. The lowest BCUT2D eigenvalue weighted by Crippen LogP contribution is -2.28. The van der Waals surface area contributed by atoms with E-state index in [1.54, 1.807) is 42.8 Å². The van der Waals surface area contributed by atoms with Gasteiger partial charge in [-0.05, 0) is 12.0 Å². The Morgan fingerprint density at radius 3 is 2.68 bits per heavy atom. The highest BCUT2D eigenvalue weighted by molar-refractivity contribution is 7.09. The molecule has 0 spiro atoms. The van der Waals surface area contributed by atoms with Gasteiger partial charge in [-0.2, -0.15) is 0 Å². The van der Waals surface area contributed by atoms with E-state index in [4.69, 9.17) is 0 Å². The highest BCUT2D eigenvalue weighted by Gasteiger charge is 2.13. The molecule has 0 aliphatic heterocycles. The number of thiazole rings is 1. The molecule has 0 saturated heterocycles. The fraction of sp³-hybridized carbons (Fsp3) is 0.316. The Hall–Kier alpha value is -2.47. The van der Waals surface area contributed by atoms with E-state index >= 15 is 0 Å². The summed E-state index contributed by atoms with van der Waals surface area (Å²) >= 11 is 1.62. The van der Waals surface area contributed by atoms with E-state index in [1.165, 1.54) is 4.57 Å². The van der Waals surface area contributed by atoms with E-state index < -0.39 is 0 Å². The number of amides is 1. The van der Waals surface area contributed by atoms with Gasteiger partial charge in [-0.1, -0.05) is 32.0 Å². The second kappa shape index (κ2) is 7.19. The molecular weight excluding hydrogens is 334 g/mol. The molecule has 1 N–H and O–H groups in total. The van der Waals surface area contributed by atoms with Crippen LogP contribution >= 0.6 is 11.3 Å². The van der Waals surface area contributed by atoms with E-state index in [9.17, 15) is 9.59 Å². The van der Waals surface area contributed by atoms with Crippen molar-refractivity contribution >= 4 is 28.0 Å². The van der Waals surface area contributed by atoms with Crippen molar-refractivity contribution in [1.29, 1.82) is 0 Å². The number of aryl methyl sites for hydroxylation is 1. The minimum atomic E-state index is -0.174. The normalized spacial score (nSPS) is 11.2. The SMILES string of the molecule is CC(C)c1csc(CCNC(=O)c2cn(C)c(=O)c3ccccc23)n1. The van der Waals surface area contributed by atoms with Crippen LogP contribution in [0, 0.1) is 0 Å². The summed E-state index contributed by atoms with van der Waals surface area (Å²) in [6.45, 7) is 4.75. The van der Waals surface area contributed by atoms with Gasteiger partial charge in [0.15, 0.2) is 0 Å². The van der Waals surface area contributed by atoms with E-state index in [-0.39, 0.29) is 11.5 Å². The lowest BCUT2D eigenvalue weighted by atomic mass is 10.1. The molecule has 5 nitrogen and oxygen atoms in total. The van der Waals surface area contributed by atoms with Gasteiger partial charge in [0.25, 0.3) is 11.5 Å². The summed E-state index contributed by atoms with van der Waals surface area (Å²) in [6.07, 6.45) is 2.30. The summed E-state index contributed by atoms with van der Waals surface area (Å²) < 4.78 is 1.45. The van der Waals surface area contributed by atoms with Crippen LogP contribution in [0.3, 0.4) is 0 Å². The van der Waals surface area contributed by atoms with Gasteiger partial charge >= 0.3 is 0 Å². The number of hydrogen-bond acceptors (Lipinski definition) is 4. The quantitative estimate of drug-likeness (QED) is 0.765. The molecule has 1 aromatic carbocycles. The third-order valence-electron chi connectivity index (χ3n) is 4.12. The molecule has 2 heterocycles. The molecule has 0 bridgehead atoms. The molecule has 0 fully saturated rings. The summed E-state index contributed by atoms with van der Waals surface area (Å²) in [7, 11) is 1.66. The zero-order valence-electron chi connectivity index (χ0n) is 14.6. The summed E-state index contributed by atoms with van der Waals surface area (Å²) in [4.78, 5) is 29.3. The standard InChI is InChI=1S/C19H21N3O2S/c1-12(2)16-11-25-17(21-16)8-9-20-18(23)15-10-22(3)19(24)14-7-5-4-6-13(14)15/h4-7,10-12H,8-9H2,1-3H3,(H,20,23). The number of carbonyl (C=O) groups excluding carboxylic acids is 1. The summed E-state index contributed by atoms with van der Waals surface area (Å²) in [6, 6.07) is 7.20. The van der Waals surface area contributed by atoms with Crippen LogP contribution in [0.15, 0.2) is 40.6 Å². The fourth-order valence-corrected chi connectivity index (χ4v) is 3.64. The third kappa shape index (κ3) is 3.64. The first-order valence-corrected chi connectivity index (χ1v) is 9.16. The van der Waals surface area contributed by atoms with Gasteiger partial charge in [-0.3, -0.25) is 9.59 Å². The van der Waals surface area contributed by atoms with Crippen molar-refractivity contribution in [2.24, 2.45) is 7.05 Å². The molecule has 2 aromatic heterocycles. The number of nitrogens with zero attached hydrogens (tertiary/aromatic N) is 2. The van der Waals surface area contributed by atoms with Crippen molar-refractivity contribution in [2.75, 3.05) is 6.54 Å². The summed E-state index contributed by atoms with van der Waals surface area (Å²) in [5, 5.41) is 7.27. The average molecular weight is 355 g/mol. The first-order valence-electron chi connectivity index (χ1n) is 8.28.